The van der Waals surface area contributed by atoms with E-state index in [1.807, 2.05) is 60.7 Å². The maximum atomic E-state index is 12.0. The van der Waals surface area contributed by atoms with Gasteiger partial charge in [-0.3, -0.25) is 9.69 Å². The Hall–Kier alpha value is -2.27. The van der Waals surface area contributed by atoms with Crippen LogP contribution in [0.3, 0.4) is 0 Å². The topological polar surface area (TPSA) is 44.7 Å². The van der Waals surface area contributed by atoms with E-state index >= 15 is 0 Å². The number of carbonyl (C=O) groups is 1. The molecule has 2 aromatic rings. The van der Waals surface area contributed by atoms with E-state index in [4.69, 9.17) is 0 Å². The maximum Gasteiger partial charge on any atom is 0.243 e. The predicted octanol–water partition coefficient (Wildman–Crippen LogP) is 3.19. The molecule has 0 radical (unpaired) electrons. The van der Waals surface area contributed by atoms with E-state index in [0.717, 1.165) is 16.5 Å². The van der Waals surface area contributed by atoms with Gasteiger partial charge in [0, 0.05) is 5.69 Å². The normalized spacial score (nSPS) is 16.5. The summed E-state index contributed by atoms with van der Waals surface area (Å²) in [5, 5.41) is 3.96. The van der Waals surface area contributed by atoms with Crippen LogP contribution in [0.15, 0.2) is 65.7 Å². The van der Waals surface area contributed by atoms with Crippen molar-refractivity contribution in [1.29, 1.82) is 0 Å². The third-order valence-electron chi connectivity index (χ3n) is 3.05. The monoisotopic (exact) mass is 297 g/mol. The summed E-state index contributed by atoms with van der Waals surface area (Å²) in [5.74, 6) is 0.517. The smallest absolute Gasteiger partial charge is 0.243 e. The van der Waals surface area contributed by atoms with E-state index < -0.39 is 0 Å². The molecule has 0 aromatic heterocycles. The first-order valence-electron chi connectivity index (χ1n) is 6.69. The second-order valence-corrected chi connectivity index (χ2v) is 5.44. The molecular weight excluding hydrogens is 282 g/mol. The molecule has 1 aliphatic heterocycles. The molecule has 0 atom stereocenters. The highest BCUT2D eigenvalue weighted by Crippen LogP contribution is 2.26. The number of amidine groups is 1. The third-order valence-corrected chi connectivity index (χ3v) is 4.01. The van der Waals surface area contributed by atoms with Gasteiger partial charge in [-0.2, -0.15) is 0 Å². The van der Waals surface area contributed by atoms with Crippen molar-refractivity contribution < 1.29 is 4.79 Å². The average Bonchev–Trinajstić information content (AvgIpc) is 2.90. The third kappa shape index (κ3) is 3.25. The van der Waals surface area contributed by atoms with Gasteiger partial charge in [0.15, 0.2) is 5.17 Å². The number of thioether (sulfide) groups is 1. The Morgan fingerprint density at radius 3 is 2.43 bits per heavy atom. The van der Waals surface area contributed by atoms with E-state index in [0.29, 0.717) is 12.4 Å². The number of nitrogens with one attached hydrogen (secondary N) is 1. The Kier molecular flexibility index (Phi) is 4.21. The van der Waals surface area contributed by atoms with Crippen molar-refractivity contribution in [1.82, 2.24) is 0 Å². The van der Waals surface area contributed by atoms with Gasteiger partial charge in [0.2, 0.25) is 5.91 Å². The van der Waals surface area contributed by atoms with Gasteiger partial charge in [-0.1, -0.05) is 48.2 Å². The minimum atomic E-state index is 0.0738. The van der Waals surface area contributed by atoms with E-state index in [9.17, 15) is 4.79 Å². The summed E-state index contributed by atoms with van der Waals surface area (Å²) in [6, 6.07) is 19.5. The van der Waals surface area contributed by atoms with Gasteiger partial charge in [-0.05, 0) is 24.3 Å². The Balaban J connectivity index is 1.71. The van der Waals surface area contributed by atoms with E-state index in [1.54, 1.807) is 4.90 Å². The molecule has 21 heavy (non-hydrogen) atoms. The van der Waals surface area contributed by atoms with Gasteiger partial charge in [-0.15, -0.1) is 0 Å². The van der Waals surface area contributed by atoms with Crippen molar-refractivity contribution in [2.75, 3.05) is 22.6 Å². The number of hydrogen-bond donors (Lipinski definition) is 1. The van der Waals surface area contributed by atoms with Crippen LogP contribution in [0.5, 0.6) is 0 Å². The van der Waals surface area contributed by atoms with Crippen molar-refractivity contribution in [3.05, 3.63) is 60.7 Å². The van der Waals surface area contributed by atoms with E-state index in [2.05, 4.69) is 10.3 Å². The fourth-order valence-corrected chi connectivity index (χ4v) is 2.94. The number of carbonyl (C=O) groups excluding carboxylic acids is 1. The lowest BCUT2D eigenvalue weighted by atomic mass is 10.3. The minimum absolute atomic E-state index is 0.0738. The fraction of sp³-hybridized carbons (Fsp3) is 0.125. The van der Waals surface area contributed by atoms with Crippen molar-refractivity contribution in [3.63, 3.8) is 0 Å². The largest absolute Gasteiger partial charge is 0.366 e. The first-order valence-corrected chi connectivity index (χ1v) is 7.67. The number of hydrogen-bond acceptors (Lipinski definition) is 4. The van der Waals surface area contributed by atoms with Crippen LogP contribution < -0.4 is 10.2 Å². The Bertz CT molecular complexity index is 643. The summed E-state index contributed by atoms with van der Waals surface area (Å²) < 4.78 is 0. The summed E-state index contributed by atoms with van der Waals surface area (Å²) in [5.41, 5.74) is 1.88. The van der Waals surface area contributed by atoms with Crippen molar-refractivity contribution in [2.45, 2.75) is 0 Å². The van der Waals surface area contributed by atoms with Crippen molar-refractivity contribution in [3.8, 4) is 0 Å². The highest BCUT2D eigenvalue weighted by atomic mass is 32.2. The van der Waals surface area contributed by atoms with Crippen LogP contribution in [0, 0.1) is 0 Å². The van der Waals surface area contributed by atoms with Gasteiger partial charge < -0.3 is 5.32 Å². The molecule has 0 saturated carbocycles. The summed E-state index contributed by atoms with van der Waals surface area (Å²) in [4.78, 5) is 18.2. The zero-order valence-corrected chi connectivity index (χ0v) is 12.2. The van der Waals surface area contributed by atoms with Crippen LogP contribution in [0.1, 0.15) is 0 Å². The predicted molar refractivity (Wildman–Crippen MR) is 88.8 cm³/mol. The maximum absolute atomic E-state index is 12.0. The highest BCUT2D eigenvalue weighted by Gasteiger charge is 2.29. The van der Waals surface area contributed by atoms with Gasteiger partial charge in [-0.25, -0.2) is 4.99 Å². The summed E-state index contributed by atoms with van der Waals surface area (Å²) in [7, 11) is 0. The Labute approximate surface area is 127 Å². The number of nitrogens with zero attached hydrogens (tertiary/aromatic N) is 2. The summed E-state index contributed by atoms with van der Waals surface area (Å²) in [6.45, 7) is 0.447. The number of anilines is 2. The molecular formula is C16H15N3OS. The van der Waals surface area contributed by atoms with Gasteiger partial charge in [0.25, 0.3) is 0 Å². The molecule has 0 bridgehead atoms. The number of benzene rings is 2. The zero-order chi connectivity index (χ0) is 14.5. The second kappa shape index (κ2) is 6.45. The standard InChI is InChI=1S/C16H15N3OS/c20-15-11-21-16(19(15)14-9-5-2-6-10-14)18-12-17-13-7-3-1-4-8-13/h1-10,17H,11-12H2. The van der Waals surface area contributed by atoms with E-state index in [-0.39, 0.29) is 5.91 Å². The van der Waals surface area contributed by atoms with Crippen molar-refractivity contribution >= 4 is 34.2 Å². The van der Waals surface area contributed by atoms with Gasteiger partial charge in [0.1, 0.15) is 6.67 Å². The number of para-hydroxylation sites is 2. The molecule has 1 fully saturated rings. The van der Waals surface area contributed by atoms with Crippen molar-refractivity contribution in [2.24, 2.45) is 4.99 Å². The Morgan fingerprint density at radius 2 is 1.71 bits per heavy atom. The molecule has 106 valence electrons. The van der Waals surface area contributed by atoms with Crippen LogP contribution in [-0.2, 0) is 4.79 Å². The molecule has 4 nitrogen and oxygen atoms in total. The SMILES string of the molecule is O=C1CSC(=NCNc2ccccc2)N1c1ccccc1. The molecule has 0 spiro atoms. The molecule has 1 N–H and O–H groups in total. The lowest BCUT2D eigenvalue weighted by molar-refractivity contribution is -0.115. The molecule has 1 aliphatic rings. The molecule has 1 heterocycles. The molecule has 0 aliphatic carbocycles. The van der Waals surface area contributed by atoms with Crippen LogP contribution in [0.2, 0.25) is 0 Å². The van der Waals surface area contributed by atoms with Crippen LogP contribution in [0.4, 0.5) is 11.4 Å². The van der Waals surface area contributed by atoms with Gasteiger partial charge >= 0.3 is 0 Å². The lowest BCUT2D eigenvalue weighted by Gasteiger charge is -2.16. The highest BCUT2D eigenvalue weighted by molar-refractivity contribution is 8.15. The Morgan fingerprint density at radius 1 is 1.05 bits per heavy atom. The summed E-state index contributed by atoms with van der Waals surface area (Å²) in [6.07, 6.45) is 0. The molecule has 2 aromatic carbocycles. The zero-order valence-electron chi connectivity index (χ0n) is 11.4. The number of amides is 1. The van der Waals surface area contributed by atoms with Crippen LogP contribution >= 0.6 is 11.8 Å². The first kappa shape index (κ1) is 13.7. The molecule has 0 unspecified atom stereocenters. The number of rotatable bonds is 4. The molecule has 1 saturated heterocycles. The minimum Gasteiger partial charge on any atom is -0.366 e. The first-order chi connectivity index (χ1) is 10.3. The average molecular weight is 297 g/mol. The van der Waals surface area contributed by atoms with E-state index in [1.165, 1.54) is 11.8 Å². The quantitative estimate of drug-likeness (QED) is 0.942. The van der Waals surface area contributed by atoms with Gasteiger partial charge in [0.05, 0.1) is 11.4 Å². The molecule has 3 rings (SSSR count). The molecule has 1 amide bonds. The second-order valence-electron chi connectivity index (χ2n) is 4.49. The van der Waals surface area contributed by atoms with Crippen LogP contribution in [0.25, 0.3) is 0 Å². The lowest BCUT2D eigenvalue weighted by Crippen LogP contribution is -2.29. The number of aliphatic imine (C=N–C) groups is 1. The fourth-order valence-electron chi connectivity index (χ4n) is 2.06. The van der Waals surface area contributed by atoms with Crippen LogP contribution in [-0.4, -0.2) is 23.5 Å². The summed E-state index contributed by atoms with van der Waals surface area (Å²) >= 11 is 1.47. The molecule has 5 heteroatoms.